The third-order valence-corrected chi connectivity index (χ3v) is 4.73. The van der Waals surface area contributed by atoms with Crippen LogP contribution in [0.5, 0.6) is 0 Å². The van der Waals surface area contributed by atoms with Gasteiger partial charge >= 0.3 is 0 Å². The van der Waals surface area contributed by atoms with Gasteiger partial charge in [0.25, 0.3) is 0 Å². The lowest BCUT2D eigenvalue weighted by Crippen LogP contribution is -2.51. The molecule has 1 atom stereocenters. The predicted octanol–water partition coefficient (Wildman–Crippen LogP) is 1.71. The lowest BCUT2D eigenvalue weighted by molar-refractivity contribution is 0.294. The van der Waals surface area contributed by atoms with E-state index in [1.165, 1.54) is 32.1 Å². The van der Waals surface area contributed by atoms with Crippen molar-refractivity contribution < 1.29 is 0 Å². The Kier molecular flexibility index (Phi) is 1.56. The topological polar surface area (TPSA) is 38.0 Å². The monoisotopic (exact) mass is 208 g/mol. The molecule has 3 heteroatoms. The number of rotatable bonds is 1. The van der Waals surface area contributed by atoms with Gasteiger partial charge in [0.1, 0.15) is 0 Å². The summed E-state index contributed by atoms with van der Waals surface area (Å²) in [6.07, 6.45) is 11.2. The third kappa shape index (κ3) is 0.888. The fourth-order valence-electron chi connectivity index (χ4n) is 4.05. The minimum Gasteiger partial charge on any atom is -0.376 e. The highest BCUT2D eigenvalue weighted by atomic mass is 32.1. The quantitative estimate of drug-likeness (QED) is 0.509. The maximum atomic E-state index is 5.63. The van der Waals surface area contributed by atoms with Gasteiger partial charge in [0, 0.05) is 5.54 Å². The first-order valence-electron chi connectivity index (χ1n) is 5.42. The highest BCUT2D eigenvalue weighted by molar-refractivity contribution is 7.80. The molecule has 0 heterocycles. The molecule has 2 bridgehead atoms. The van der Waals surface area contributed by atoms with Crippen LogP contribution in [0.2, 0.25) is 0 Å². The summed E-state index contributed by atoms with van der Waals surface area (Å²) in [5.41, 5.74) is 6.39. The SMILES string of the molecule is NC(=S)NC12CCC3(C=CCC31)CC2. The van der Waals surface area contributed by atoms with Gasteiger partial charge < -0.3 is 11.1 Å². The summed E-state index contributed by atoms with van der Waals surface area (Å²) in [6, 6.07) is 0. The summed E-state index contributed by atoms with van der Waals surface area (Å²) in [4.78, 5) is 0. The first kappa shape index (κ1) is 8.72. The molecule has 0 aromatic rings. The molecule has 0 spiro atoms. The number of hydrogen-bond donors (Lipinski definition) is 2. The molecule has 3 N–H and O–H groups in total. The number of thiocarbonyl (C=S) groups is 1. The number of allylic oxidation sites excluding steroid dienone is 2. The predicted molar refractivity (Wildman–Crippen MR) is 60.8 cm³/mol. The molecule has 0 aromatic heterocycles. The van der Waals surface area contributed by atoms with Gasteiger partial charge in [0.05, 0.1) is 0 Å². The zero-order valence-electron chi connectivity index (χ0n) is 8.25. The Hall–Kier alpha value is -0.570. The van der Waals surface area contributed by atoms with Crippen LogP contribution in [0.4, 0.5) is 0 Å². The van der Waals surface area contributed by atoms with Gasteiger partial charge in [-0.05, 0) is 55.7 Å². The van der Waals surface area contributed by atoms with Crippen molar-refractivity contribution in [3.05, 3.63) is 12.2 Å². The highest BCUT2D eigenvalue weighted by Crippen LogP contribution is 2.64. The number of nitrogens with two attached hydrogens (primary N) is 1. The molecule has 0 aliphatic heterocycles. The first-order valence-corrected chi connectivity index (χ1v) is 5.83. The summed E-state index contributed by atoms with van der Waals surface area (Å²) >= 11 is 4.99. The van der Waals surface area contributed by atoms with Crippen molar-refractivity contribution in [2.75, 3.05) is 0 Å². The molecule has 3 aliphatic carbocycles. The number of nitrogens with one attached hydrogen (secondary N) is 1. The maximum absolute atomic E-state index is 5.63. The van der Waals surface area contributed by atoms with Crippen LogP contribution in [0.25, 0.3) is 0 Å². The zero-order valence-corrected chi connectivity index (χ0v) is 9.07. The minimum atomic E-state index is 0.245. The second-order valence-corrected chi connectivity index (χ2v) is 5.51. The summed E-state index contributed by atoms with van der Waals surface area (Å²) in [6.45, 7) is 0. The highest BCUT2D eigenvalue weighted by Gasteiger charge is 2.62. The van der Waals surface area contributed by atoms with Crippen LogP contribution in [-0.4, -0.2) is 10.7 Å². The Bertz CT molecular complexity index is 313. The zero-order chi connectivity index (χ0) is 9.81. The normalized spacial score (nSPS) is 48.1. The van der Waals surface area contributed by atoms with Gasteiger partial charge in [-0.15, -0.1) is 0 Å². The molecular formula is C11H16N2S. The van der Waals surface area contributed by atoms with Crippen LogP contribution in [0.15, 0.2) is 12.2 Å². The van der Waals surface area contributed by atoms with E-state index in [-0.39, 0.29) is 5.54 Å². The van der Waals surface area contributed by atoms with E-state index in [4.69, 9.17) is 18.0 Å². The average Bonchev–Trinajstić information content (AvgIpc) is 2.69. The van der Waals surface area contributed by atoms with Crippen molar-refractivity contribution >= 4 is 17.3 Å². The van der Waals surface area contributed by atoms with Crippen LogP contribution in [0.3, 0.4) is 0 Å². The first-order chi connectivity index (χ1) is 6.67. The fourth-order valence-corrected chi connectivity index (χ4v) is 4.25. The summed E-state index contributed by atoms with van der Waals surface area (Å²) in [5, 5.41) is 3.86. The fraction of sp³-hybridized carbons (Fsp3) is 0.727. The van der Waals surface area contributed by atoms with Crippen molar-refractivity contribution in [2.45, 2.75) is 37.6 Å². The summed E-state index contributed by atoms with van der Waals surface area (Å²) in [5.74, 6) is 0.761. The van der Waals surface area contributed by atoms with Crippen molar-refractivity contribution in [1.82, 2.24) is 5.32 Å². The Morgan fingerprint density at radius 3 is 2.71 bits per heavy atom. The second-order valence-electron chi connectivity index (χ2n) is 5.07. The van der Waals surface area contributed by atoms with Crippen LogP contribution in [0.1, 0.15) is 32.1 Å². The van der Waals surface area contributed by atoms with Gasteiger partial charge in [0.2, 0.25) is 0 Å². The van der Waals surface area contributed by atoms with Crippen molar-refractivity contribution in [3.63, 3.8) is 0 Å². The van der Waals surface area contributed by atoms with E-state index in [1.807, 2.05) is 0 Å². The molecule has 76 valence electrons. The molecule has 0 aromatic carbocycles. The van der Waals surface area contributed by atoms with E-state index in [0.29, 0.717) is 10.5 Å². The van der Waals surface area contributed by atoms with Crippen molar-refractivity contribution in [3.8, 4) is 0 Å². The molecule has 0 saturated heterocycles. The maximum Gasteiger partial charge on any atom is 0.164 e. The number of hydrogen-bond acceptors (Lipinski definition) is 1. The third-order valence-electron chi connectivity index (χ3n) is 4.63. The van der Waals surface area contributed by atoms with Crippen LogP contribution < -0.4 is 11.1 Å². The Morgan fingerprint density at radius 2 is 2.07 bits per heavy atom. The smallest absolute Gasteiger partial charge is 0.164 e. The molecular weight excluding hydrogens is 192 g/mol. The molecule has 2 saturated carbocycles. The van der Waals surface area contributed by atoms with Crippen LogP contribution >= 0.6 is 12.2 Å². The summed E-state index contributed by atoms with van der Waals surface area (Å²) < 4.78 is 0. The van der Waals surface area contributed by atoms with Crippen molar-refractivity contribution in [2.24, 2.45) is 17.1 Å². The van der Waals surface area contributed by atoms with Gasteiger partial charge in [-0.1, -0.05) is 12.2 Å². The van der Waals surface area contributed by atoms with E-state index >= 15 is 0 Å². The Balaban J connectivity index is 1.94. The van der Waals surface area contributed by atoms with E-state index in [2.05, 4.69) is 17.5 Å². The molecule has 1 unspecified atom stereocenters. The van der Waals surface area contributed by atoms with E-state index in [9.17, 15) is 0 Å². The molecule has 3 aliphatic rings. The molecule has 2 nitrogen and oxygen atoms in total. The minimum absolute atomic E-state index is 0.245. The van der Waals surface area contributed by atoms with Crippen molar-refractivity contribution in [1.29, 1.82) is 0 Å². The standard InChI is InChI=1S/C11H16N2S/c12-9(14)13-11-6-4-10(5-7-11)3-1-2-8(10)11/h1,3,8H,2,4-7H2,(H3,12,13,14). The molecule has 0 radical (unpaired) electrons. The van der Waals surface area contributed by atoms with Gasteiger partial charge in [0.15, 0.2) is 5.11 Å². The van der Waals surface area contributed by atoms with Crippen LogP contribution in [-0.2, 0) is 0 Å². The van der Waals surface area contributed by atoms with Gasteiger partial charge in [-0.2, -0.15) is 0 Å². The Morgan fingerprint density at radius 1 is 1.36 bits per heavy atom. The molecule has 2 fully saturated rings. The Labute approximate surface area is 89.9 Å². The molecule has 3 rings (SSSR count). The van der Waals surface area contributed by atoms with Gasteiger partial charge in [-0.25, -0.2) is 0 Å². The molecule has 0 amide bonds. The lowest BCUT2D eigenvalue weighted by Gasteiger charge is -2.32. The van der Waals surface area contributed by atoms with Crippen LogP contribution in [0, 0.1) is 11.3 Å². The molecule has 14 heavy (non-hydrogen) atoms. The van der Waals surface area contributed by atoms with E-state index in [0.717, 1.165) is 5.92 Å². The average molecular weight is 208 g/mol. The largest absolute Gasteiger partial charge is 0.376 e. The van der Waals surface area contributed by atoms with E-state index in [1.54, 1.807) is 0 Å². The summed E-state index contributed by atoms with van der Waals surface area (Å²) in [7, 11) is 0. The lowest BCUT2D eigenvalue weighted by atomic mass is 9.82. The van der Waals surface area contributed by atoms with E-state index < -0.39 is 0 Å². The second kappa shape index (κ2) is 2.51. The van der Waals surface area contributed by atoms with Gasteiger partial charge in [-0.3, -0.25) is 0 Å².